The molecule has 2 aromatic rings. The van der Waals surface area contributed by atoms with E-state index in [-0.39, 0.29) is 6.04 Å². The first-order chi connectivity index (χ1) is 8.33. The minimum Gasteiger partial charge on any atom is -0.497 e. The highest BCUT2D eigenvalue weighted by atomic mass is 16.5. The predicted molar refractivity (Wildman–Crippen MR) is 67.2 cm³/mol. The van der Waals surface area contributed by atoms with E-state index in [1.165, 1.54) is 5.56 Å². The average Bonchev–Trinajstić information content (AvgIpc) is 2.90. The molecule has 1 heterocycles. The van der Waals surface area contributed by atoms with Crippen molar-refractivity contribution in [2.75, 3.05) is 14.2 Å². The maximum atomic E-state index is 5.42. The Kier molecular flexibility index (Phi) is 3.83. The number of nitrogens with one attached hydrogen (secondary N) is 1. The third-order valence-corrected chi connectivity index (χ3v) is 2.83. The fraction of sp³-hybridized carbons (Fsp3) is 0.286. The highest BCUT2D eigenvalue weighted by Crippen LogP contribution is 2.20. The molecule has 90 valence electrons. The van der Waals surface area contributed by atoms with Crippen LogP contribution in [0.3, 0.4) is 0 Å². The fourth-order valence-electron chi connectivity index (χ4n) is 1.83. The third kappa shape index (κ3) is 2.88. The quantitative estimate of drug-likeness (QED) is 0.859. The minimum absolute atomic E-state index is 0.207. The van der Waals surface area contributed by atoms with Crippen LogP contribution in [0.5, 0.6) is 5.75 Å². The van der Waals surface area contributed by atoms with Crippen LogP contribution < -0.4 is 10.1 Å². The number of rotatable bonds is 5. The standard InChI is InChI=1S/C14H17NO2/c1-15-13(14-4-3-9-17-14)10-11-5-7-12(16-2)8-6-11/h3-9,13,15H,10H2,1-2H3/t13-/m1/s1. The van der Waals surface area contributed by atoms with Crippen molar-refractivity contribution in [3.8, 4) is 5.75 Å². The van der Waals surface area contributed by atoms with Gasteiger partial charge >= 0.3 is 0 Å². The fourth-order valence-corrected chi connectivity index (χ4v) is 1.83. The molecule has 2 rings (SSSR count). The molecule has 0 saturated carbocycles. The minimum atomic E-state index is 0.207. The molecule has 0 amide bonds. The van der Waals surface area contributed by atoms with Gasteiger partial charge in [0, 0.05) is 0 Å². The molecule has 0 saturated heterocycles. The normalized spacial score (nSPS) is 12.4. The number of hydrogen-bond donors (Lipinski definition) is 1. The lowest BCUT2D eigenvalue weighted by Gasteiger charge is -2.13. The Labute approximate surface area is 101 Å². The molecule has 0 radical (unpaired) electrons. The van der Waals surface area contributed by atoms with Gasteiger partial charge in [0.25, 0.3) is 0 Å². The molecular formula is C14H17NO2. The van der Waals surface area contributed by atoms with E-state index in [4.69, 9.17) is 9.15 Å². The number of methoxy groups -OCH3 is 1. The summed E-state index contributed by atoms with van der Waals surface area (Å²) < 4.78 is 10.6. The third-order valence-electron chi connectivity index (χ3n) is 2.83. The van der Waals surface area contributed by atoms with Gasteiger partial charge in [0.1, 0.15) is 11.5 Å². The van der Waals surface area contributed by atoms with Crippen molar-refractivity contribution >= 4 is 0 Å². The van der Waals surface area contributed by atoms with Gasteiger partial charge in [-0.2, -0.15) is 0 Å². The van der Waals surface area contributed by atoms with E-state index < -0.39 is 0 Å². The lowest BCUT2D eigenvalue weighted by molar-refractivity contribution is 0.413. The Balaban J connectivity index is 2.07. The highest BCUT2D eigenvalue weighted by molar-refractivity contribution is 5.28. The van der Waals surface area contributed by atoms with Crippen LogP contribution in [-0.4, -0.2) is 14.2 Å². The second-order valence-electron chi connectivity index (χ2n) is 3.91. The Hall–Kier alpha value is -1.74. The van der Waals surface area contributed by atoms with Gasteiger partial charge < -0.3 is 14.5 Å². The monoisotopic (exact) mass is 231 g/mol. The van der Waals surface area contributed by atoms with Gasteiger partial charge in [-0.05, 0) is 43.3 Å². The van der Waals surface area contributed by atoms with Crippen molar-refractivity contribution < 1.29 is 9.15 Å². The molecule has 1 N–H and O–H groups in total. The zero-order chi connectivity index (χ0) is 12.1. The van der Waals surface area contributed by atoms with E-state index in [1.54, 1.807) is 13.4 Å². The SMILES string of the molecule is CN[C@H](Cc1ccc(OC)cc1)c1ccco1. The van der Waals surface area contributed by atoms with Crippen molar-refractivity contribution in [1.29, 1.82) is 0 Å². The molecule has 3 nitrogen and oxygen atoms in total. The van der Waals surface area contributed by atoms with Gasteiger partial charge in [-0.15, -0.1) is 0 Å². The summed E-state index contributed by atoms with van der Waals surface area (Å²) in [7, 11) is 3.62. The molecule has 17 heavy (non-hydrogen) atoms. The van der Waals surface area contributed by atoms with E-state index in [9.17, 15) is 0 Å². The summed E-state index contributed by atoms with van der Waals surface area (Å²) in [5.41, 5.74) is 1.25. The molecule has 0 aliphatic rings. The summed E-state index contributed by atoms with van der Waals surface area (Å²) in [6.45, 7) is 0. The number of furan rings is 1. The van der Waals surface area contributed by atoms with Crippen LogP contribution in [0.2, 0.25) is 0 Å². The van der Waals surface area contributed by atoms with Gasteiger partial charge in [-0.1, -0.05) is 12.1 Å². The summed E-state index contributed by atoms with van der Waals surface area (Å²) >= 11 is 0. The van der Waals surface area contributed by atoms with Crippen molar-refractivity contribution in [3.63, 3.8) is 0 Å². The van der Waals surface area contributed by atoms with Gasteiger partial charge in [0.15, 0.2) is 0 Å². The summed E-state index contributed by atoms with van der Waals surface area (Å²) in [5, 5.41) is 3.26. The second-order valence-corrected chi connectivity index (χ2v) is 3.91. The van der Waals surface area contributed by atoms with Crippen LogP contribution in [0, 0.1) is 0 Å². The van der Waals surface area contributed by atoms with E-state index in [0.717, 1.165) is 17.9 Å². The molecule has 0 aliphatic heterocycles. The second kappa shape index (κ2) is 5.55. The van der Waals surface area contributed by atoms with Crippen molar-refractivity contribution in [2.45, 2.75) is 12.5 Å². The highest BCUT2D eigenvalue weighted by Gasteiger charge is 2.12. The molecule has 1 aromatic heterocycles. The molecule has 0 aliphatic carbocycles. The van der Waals surface area contributed by atoms with E-state index in [2.05, 4.69) is 17.4 Å². The molecule has 1 atom stereocenters. The van der Waals surface area contributed by atoms with Gasteiger partial charge in [-0.3, -0.25) is 0 Å². The first-order valence-electron chi connectivity index (χ1n) is 5.67. The predicted octanol–water partition coefficient (Wildman–Crippen LogP) is 2.79. The van der Waals surface area contributed by atoms with E-state index in [0.29, 0.717) is 0 Å². The molecule has 1 aromatic carbocycles. The Bertz CT molecular complexity index is 434. The number of likely N-dealkylation sites (N-methyl/N-ethyl adjacent to an activating group) is 1. The van der Waals surface area contributed by atoms with Gasteiger partial charge in [0.2, 0.25) is 0 Å². The van der Waals surface area contributed by atoms with Crippen LogP contribution in [0.1, 0.15) is 17.4 Å². The zero-order valence-electron chi connectivity index (χ0n) is 10.1. The van der Waals surface area contributed by atoms with Gasteiger partial charge in [-0.25, -0.2) is 0 Å². The largest absolute Gasteiger partial charge is 0.497 e. The Morgan fingerprint density at radius 3 is 2.53 bits per heavy atom. The maximum Gasteiger partial charge on any atom is 0.121 e. The number of benzene rings is 1. The lowest BCUT2D eigenvalue weighted by atomic mass is 10.0. The molecule has 0 fully saturated rings. The number of ether oxygens (including phenoxy) is 1. The number of hydrogen-bond acceptors (Lipinski definition) is 3. The van der Waals surface area contributed by atoms with Crippen molar-refractivity contribution in [2.24, 2.45) is 0 Å². The Morgan fingerprint density at radius 1 is 1.24 bits per heavy atom. The van der Waals surface area contributed by atoms with E-state index in [1.807, 2.05) is 31.3 Å². The first-order valence-corrected chi connectivity index (χ1v) is 5.67. The van der Waals surface area contributed by atoms with Crippen molar-refractivity contribution in [1.82, 2.24) is 5.32 Å². The average molecular weight is 231 g/mol. The maximum absolute atomic E-state index is 5.42. The first kappa shape index (κ1) is 11.7. The Morgan fingerprint density at radius 2 is 2.00 bits per heavy atom. The molecule has 0 unspecified atom stereocenters. The van der Waals surface area contributed by atoms with Crippen LogP contribution in [-0.2, 0) is 6.42 Å². The van der Waals surface area contributed by atoms with Crippen molar-refractivity contribution in [3.05, 3.63) is 54.0 Å². The van der Waals surface area contributed by atoms with Crippen LogP contribution in [0.4, 0.5) is 0 Å². The topological polar surface area (TPSA) is 34.4 Å². The van der Waals surface area contributed by atoms with Crippen LogP contribution in [0.25, 0.3) is 0 Å². The molecule has 3 heteroatoms. The zero-order valence-corrected chi connectivity index (χ0v) is 10.1. The lowest BCUT2D eigenvalue weighted by Crippen LogP contribution is -2.18. The van der Waals surface area contributed by atoms with E-state index >= 15 is 0 Å². The van der Waals surface area contributed by atoms with Gasteiger partial charge in [0.05, 0.1) is 19.4 Å². The molecule has 0 spiro atoms. The summed E-state index contributed by atoms with van der Waals surface area (Å²) in [5.74, 6) is 1.84. The summed E-state index contributed by atoms with van der Waals surface area (Å²) in [6, 6.07) is 12.2. The molecular weight excluding hydrogens is 214 g/mol. The van der Waals surface area contributed by atoms with Crippen LogP contribution >= 0.6 is 0 Å². The summed E-state index contributed by atoms with van der Waals surface area (Å²) in [6.07, 6.45) is 2.60. The molecule has 0 bridgehead atoms. The van der Waals surface area contributed by atoms with Crippen LogP contribution in [0.15, 0.2) is 47.1 Å². The smallest absolute Gasteiger partial charge is 0.121 e. The summed E-state index contributed by atoms with van der Waals surface area (Å²) in [4.78, 5) is 0.